The highest BCUT2D eigenvalue weighted by Gasteiger charge is 2.09. The summed E-state index contributed by atoms with van der Waals surface area (Å²) in [6.45, 7) is 6.01. The number of hydrogen-bond acceptors (Lipinski definition) is 5. The predicted molar refractivity (Wildman–Crippen MR) is 72.6 cm³/mol. The summed E-state index contributed by atoms with van der Waals surface area (Å²) in [5.74, 6) is 3.06. The second-order valence-electron chi connectivity index (χ2n) is 3.62. The molecule has 0 aromatic carbocycles. The van der Waals surface area contributed by atoms with Gasteiger partial charge in [-0.25, -0.2) is 9.97 Å². The molecule has 0 amide bonds. The molecule has 0 radical (unpaired) electrons. The topological polar surface area (TPSA) is 41.1 Å². The van der Waals surface area contributed by atoms with Crippen LogP contribution in [0, 0.1) is 6.92 Å². The van der Waals surface area contributed by atoms with Gasteiger partial charge in [0.15, 0.2) is 0 Å². The molecule has 90 valence electrons. The SMILES string of the molecule is CCNc1ncnc(N(C)CCSC)c1C. The van der Waals surface area contributed by atoms with Crippen molar-refractivity contribution in [1.29, 1.82) is 0 Å². The van der Waals surface area contributed by atoms with Crippen molar-refractivity contribution < 1.29 is 0 Å². The lowest BCUT2D eigenvalue weighted by atomic mass is 10.3. The van der Waals surface area contributed by atoms with E-state index in [0.29, 0.717) is 0 Å². The molecular weight excluding hydrogens is 220 g/mol. The normalized spacial score (nSPS) is 10.2. The lowest BCUT2D eigenvalue weighted by Crippen LogP contribution is -2.23. The molecule has 4 nitrogen and oxygen atoms in total. The van der Waals surface area contributed by atoms with Gasteiger partial charge < -0.3 is 10.2 Å². The molecule has 1 heterocycles. The molecule has 0 saturated heterocycles. The van der Waals surface area contributed by atoms with E-state index < -0.39 is 0 Å². The minimum Gasteiger partial charge on any atom is -0.370 e. The van der Waals surface area contributed by atoms with Gasteiger partial charge in [0.2, 0.25) is 0 Å². The van der Waals surface area contributed by atoms with Crippen molar-refractivity contribution in [3.8, 4) is 0 Å². The van der Waals surface area contributed by atoms with Crippen LogP contribution in [0.2, 0.25) is 0 Å². The van der Waals surface area contributed by atoms with Gasteiger partial charge in [-0.2, -0.15) is 11.8 Å². The molecule has 0 fully saturated rings. The number of hydrogen-bond donors (Lipinski definition) is 1. The fourth-order valence-corrected chi connectivity index (χ4v) is 1.96. The highest BCUT2D eigenvalue weighted by molar-refractivity contribution is 7.98. The summed E-state index contributed by atoms with van der Waals surface area (Å²) in [6.07, 6.45) is 3.74. The van der Waals surface area contributed by atoms with E-state index in [-0.39, 0.29) is 0 Å². The number of anilines is 2. The zero-order chi connectivity index (χ0) is 12.0. The second kappa shape index (κ2) is 6.58. The third-order valence-corrected chi connectivity index (χ3v) is 2.98. The Labute approximate surface area is 102 Å². The minimum atomic E-state index is 0.881. The summed E-state index contributed by atoms with van der Waals surface area (Å²) in [6, 6.07) is 0. The van der Waals surface area contributed by atoms with Gasteiger partial charge in [0.1, 0.15) is 18.0 Å². The van der Waals surface area contributed by atoms with Crippen LogP contribution in [-0.2, 0) is 0 Å². The third kappa shape index (κ3) is 3.27. The molecule has 1 N–H and O–H groups in total. The number of nitrogens with one attached hydrogen (secondary N) is 1. The molecule has 1 aromatic heterocycles. The lowest BCUT2D eigenvalue weighted by Gasteiger charge is -2.20. The van der Waals surface area contributed by atoms with Gasteiger partial charge in [0, 0.05) is 31.5 Å². The van der Waals surface area contributed by atoms with Gasteiger partial charge >= 0.3 is 0 Å². The Morgan fingerprint density at radius 1 is 1.44 bits per heavy atom. The largest absolute Gasteiger partial charge is 0.370 e. The van der Waals surface area contributed by atoms with E-state index in [2.05, 4.69) is 47.3 Å². The Kier molecular flexibility index (Phi) is 5.38. The van der Waals surface area contributed by atoms with Gasteiger partial charge in [0.05, 0.1) is 0 Å². The monoisotopic (exact) mass is 240 g/mol. The van der Waals surface area contributed by atoms with Gasteiger partial charge in [-0.05, 0) is 20.1 Å². The van der Waals surface area contributed by atoms with Crippen molar-refractivity contribution in [2.75, 3.05) is 42.4 Å². The van der Waals surface area contributed by atoms with Crippen LogP contribution in [0.5, 0.6) is 0 Å². The summed E-state index contributed by atoms with van der Waals surface area (Å²) in [4.78, 5) is 10.8. The Hall–Kier alpha value is -0.970. The first kappa shape index (κ1) is 13.1. The van der Waals surface area contributed by atoms with E-state index in [1.807, 2.05) is 11.8 Å². The molecule has 16 heavy (non-hydrogen) atoms. The van der Waals surface area contributed by atoms with Crippen LogP contribution in [-0.4, -0.2) is 42.1 Å². The van der Waals surface area contributed by atoms with Crippen molar-refractivity contribution in [3.63, 3.8) is 0 Å². The minimum absolute atomic E-state index is 0.881. The predicted octanol–water partition coefficient (Wildman–Crippen LogP) is 2.02. The molecule has 1 rings (SSSR count). The van der Waals surface area contributed by atoms with Crippen LogP contribution >= 0.6 is 11.8 Å². The molecule has 5 heteroatoms. The maximum absolute atomic E-state index is 4.34. The molecule has 0 spiro atoms. The maximum atomic E-state index is 4.34. The van der Waals surface area contributed by atoms with E-state index in [0.717, 1.165) is 36.0 Å². The zero-order valence-corrected chi connectivity index (χ0v) is 11.3. The molecule has 0 unspecified atom stereocenters. The highest BCUT2D eigenvalue weighted by atomic mass is 32.2. The average Bonchev–Trinajstić information content (AvgIpc) is 2.29. The molecule has 0 bridgehead atoms. The highest BCUT2D eigenvalue weighted by Crippen LogP contribution is 2.20. The third-order valence-electron chi connectivity index (χ3n) is 2.39. The van der Waals surface area contributed by atoms with Gasteiger partial charge in [-0.15, -0.1) is 0 Å². The Balaban J connectivity index is 2.82. The van der Waals surface area contributed by atoms with E-state index in [4.69, 9.17) is 0 Å². The van der Waals surface area contributed by atoms with E-state index in [1.54, 1.807) is 6.33 Å². The summed E-state index contributed by atoms with van der Waals surface area (Å²) in [5, 5.41) is 3.24. The second-order valence-corrected chi connectivity index (χ2v) is 4.60. The number of nitrogens with zero attached hydrogens (tertiary/aromatic N) is 3. The molecular formula is C11H20N4S. The summed E-state index contributed by atoms with van der Waals surface area (Å²) in [7, 11) is 2.07. The standard InChI is InChI=1S/C11H20N4S/c1-5-12-10-9(2)11(14-8-13-10)15(3)6-7-16-4/h8H,5-7H2,1-4H3,(H,12,13,14). The quantitative estimate of drug-likeness (QED) is 0.824. The maximum Gasteiger partial charge on any atom is 0.136 e. The molecule has 0 aliphatic rings. The Bertz CT molecular complexity index is 330. The smallest absolute Gasteiger partial charge is 0.136 e. The molecule has 0 aliphatic carbocycles. The van der Waals surface area contributed by atoms with E-state index >= 15 is 0 Å². The first-order valence-corrected chi connectivity index (χ1v) is 6.85. The van der Waals surface area contributed by atoms with E-state index in [9.17, 15) is 0 Å². The van der Waals surface area contributed by atoms with Crippen molar-refractivity contribution in [3.05, 3.63) is 11.9 Å². The molecule has 0 atom stereocenters. The fourth-order valence-electron chi connectivity index (χ4n) is 1.51. The summed E-state index contributed by atoms with van der Waals surface area (Å²) < 4.78 is 0. The zero-order valence-electron chi connectivity index (χ0n) is 10.4. The fraction of sp³-hybridized carbons (Fsp3) is 0.636. The van der Waals surface area contributed by atoms with Crippen molar-refractivity contribution in [2.45, 2.75) is 13.8 Å². The van der Waals surface area contributed by atoms with Crippen molar-refractivity contribution >= 4 is 23.4 Å². The molecule has 0 saturated carbocycles. The average molecular weight is 240 g/mol. The van der Waals surface area contributed by atoms with Gasteiger partial charge in [-0.3, -0.25) is 0 Å². The molecule has 0 aliphatic heterocycles. The van der Waals surface area contributed by atoms with Crippen LogP contribution in [0.25, 0.3) is 0 Å². The van der Waals surface area contributed by atoms with Gasteiger partial charge in [-0.1, -0.05) is 0 Å². The number of thioether (sulfide) groups is 1. The molecule has 1 aromatic rings. The lowest BCUT2D eigenvalue weighted by molar-refractivity contribution is 0.923. The van der Waals surface area contributed by atoms with Crippen LogP contribution < -0.4 is 10.2 Å². The number of rotatable bonds is 6. The van der Waals surface area contributed by atoms with Crippen LogP contribution in [0.1, 0.15) is 12.5 Å². The first-order valence-electron chi connectivity index (χ1n) is 5.46. The van der Waals surface area contributed by atoms with Crippen LogP contribution in [0.3, 0.4) is 0 Å². The van der Waals surface area contributed by atoms with Crippen molar-refractivity contribution in [2.24, 2.45) is 0 Å². The summed E-state index contributed by atoms with van der Waals surface area (Å²) >= 11 is 1.84. The van der Waals surface area contributed by atoms with Crippen LogP contribution in [0.4, 0.5) is 11.6 Å². The summed E-state index contributed by atoms with van der Waals surface area (Å²) in [5.41, 5.74) is 1.12. The number of aromatic nitrogens is 2. The van der Waals surface area contributed by atoms with Crippen LogP contribution in [0.15, 0.2) is 6.33 Å². The van der Waals surface area contributed by atoms with Crippen molar-refractivity contribution in [1.82, 2.24) is 9.97 Å². The van der Waals surface area contributed by atoms with E-state index in [1.165, 1.54) is 0 Å². The Morgan fingerprint density at radius 2 is 2.19 bits per heavy atom. The van der Waals surface area contributed by atoms with Gasteiger partial charge in [0.25, 0.3) is 0 Å². The Morgan fingerprint density at radius 3 is 2.81 bits per heavy atom. The first-order chi connectivity index (χ1) is 7.70.